The van der Waals surface area contributed by atoms with E-state index in [9.17, 15) is 0 Å². The molecule has 0 atom stereocenters. The van der Waals surface area contributed by atoms with Gasteiger partial charge in [-0.1, -0.05) is 121 Å². The average molecular weight is 515 g/mol. The van der Waals surface area contributed by atoms with Gasteiger partial charge >= 0.3 is 0 Å². The van der Waals surface area contributed by atoms with Crippen LogP contribution in [0.5, 0.6) is 0 Å². The summed E-state index contributed by atoms with van der Waals surface area (Å²) in [5, 5.41) is 5.42. The monoisotopic (exact) mass is 514 g/mol. The van der Waals surface area contributed by atoms with E-state index in [4.69, 9.17) is 0 Å². The predicted octanol–water partition coefficient (Wildman–Crippen LogP) is 6.67. The summed E-state index contributed by atoms with van der Waals surface area (Å²) in [4.78, 5) is 0. The fraction of sp³-hybridized carbons (Fsp3) is 0.0303. The summed E-state index contributed by atoms with van der Waals surface area (Å²) in [6.07, 6.45) is 5.38. The molecule has 0 bridgehead atoms. The summed E-state index contributed by atoms with van der Waals surface area (Å²) in [6, 6.07) is 52.6. The Morgan fingerprint density at radius 2 is 0.649 bits per heavy atom. The molecule has 0 N–H and O–H groups in total. The first-order valence-corrected chi connectivity index (χ1v) is 15.1. The Kier molecular flexibility index (Phi) is 7.13. The zero-order valence-electron chi connectivity index (χ0n) is 20.5. The summed E-state index contributed by atoms with van der Waals surface area (Å²) in [6.45, 7) is 0. The van der Waals surface area contributed by atoms with Gasteiger partial charge in [-0.3, -0.25) is 0 Å². The number of nitrogens with zero attached hydrogens (tertiary/aromatic N) is 2. The van der Waals surface area contributed by atoms with E-state index in [-0.39, 0.29) is 0 Å². The third kappa shape index (κ3) is 5.09. The van der Waals surface area contributed by atoms with Gasteiger partial charge in [0.2, 0.25) is 0 Å². The van der Waals surface area contributed by atoms with Crippen LogP contribution >= 0.6 is 16.1 Å². The van der Waals surface area contributed by atoms with E-state index in [1.807, 2.05) is 0 Å². The standard InChI is InChI=1S/C33H28N2P2/c1-5-17-30(18-6-1)36(31-19-7-2-8-20-31)34-25-13-15-28(34)27-29-16-14-26-35(29)37(32-21-9-3-10-22-32)33-23-11-4-12-24-33/h1-26H,27H2. The summed E-state index contributed by atoms with van der Waals surface area (Å²) in [5.41, 5.74) is 2.66. The fourth-order valence-corrected chi connectivity index (χ4v) is 9.36. The van der Waals surface area contributed by atoms with Crippen LogP contribution in [0.2, 0.25) is 0 Å². The maximum atomic E-state index is 2.50. The molecule has 0 fully saturated rings. The van der Waals surface area contributed by atoms with Crippen molar-refractivity contribution in [2.45, 2.75) is 6.42 Å². The molecule has 180 valence electrons. The minimum absolute atomic E-state index is 0.711. The Labute approximate surface area is 221 Å². The van der Waals surface area contributed by atoms with Crippen LogP contribution in [0.15, 0.2) is 158 Å². The van der Waals surface area contributed by atoms with Crippen LogP contribution < -0.4 is 21.2 Å². The number of rotatable bonds is 8. The molecule has 2 nitrogen and oxygen atoms in total. The van der Waals surface area contributed by atoms with Gasteiger partial charge in [0.1, 0.15) is 0 Å². The van der Waals surface area contributed by atoms with Gasteiger partial charge in [0.15, 0.2) is 0 Å². The van der Waals surface area contributed by atoms with Crippen LogP contribution in [-0.2, 0) is 6.42 Å². The highest BCUT2D eigenvalue weighted by Gasteiger charge is 2.22. The van der Waals surface area contributed by atoms with Crippen molar-refractivity contribution in [1.82, 2.24) is 8.68 Å². The Morgan fingerprint density at radius 3 is 0.946 bits per heavy atom. The van der Waals surface area contributed by atoms with E-state index in [1.54, 1.807) is 0 Å². The van der Waals surface area contributed by atoms with Gasteiger partial charge in [0.25, 0.3) is 0 Å². The predicted molar refractivity (Wildman–Crippen MR) is 161 cm³/mol. The second-order valence-corrected chi connectivity index (χ2v) is 13.0. The number of benzene rings is 4. The van der Waals surface area contributed by atoms with Crippen LogP contribution in [0.3, 0.4) is 0 Å². The molecule has 2 heterocycles. The van der Waals surface area contributed by atoms with E-state index in [0.717, 1.165) is 6.42 Å². The molecule has 2 aromatic heterocycles. The lowest BCUT2D eigenvalue weighted by molar-refractivity contribution is 0.989. The van der Waals surface area contributed by atoms with Crippen LogP contribution in [0.25, 0.3) is 0 Å². The van der Waals surface area contributed by atoms with Gasteiger partial charge in [-0.05, 0) is 24.3 Å². The van der Waals surface area contributed by atoms with Crippen molar-refractivity contribution in [2.75, 3.05) is 0 Å². The van der Waals surface area contributed by atoms with Crippen LogP contribution in [0, 0.1) is 0 Å². The first kappa shape index (κ1) is 23.7. The lowest BCUT2D eigenvalue weighted by Crippen LogP contribution is -2.19. The second kappa shape index (κ2) is 11.1. The maximum Gasteiger partial charge on any atom is 0.0589 e. The maximum absolute atomic E-state index is 2.50. The van der Waals surface area contributed by atoms with Crippen molar-refractivity contribution in [3.8, 4) is 0 Å². The normalized spacial score (nSPS) is 11.3. The van der Waals surface area contributed by atoms with Crippen LogP contribution in [0.1, 0.15) is 11.4 Å². The molecule has 6 rings (SSSR count). The molecule has 0 saturated heterocycles. The van der Waals surface area contributed by atoms with Gasteiger partial charge in [-0.15, -0.1) is 0 Å². The van der Waals surface area contributed by atoms with Crippen LogP contribution in [-0.4, -0.2) is 8.68 Å². The van der Waals surface area contributed by atoms with E-state index in [2.05, 4.69) is 167 Å². The lowest BCUT2D eigenvalue weighted by Gasteiger charge is -2.25. The molecule has 0 saturated carbocycles. The topological polar surface area (TPSA) is 9.86 Å². The van der Waals surface area contributed by atoms with Crippen molar-refractivity contribution in [3.63, 3.8) is 0 Å². The molecular formula is C33H28N2P2. The molecule has 0 amide bonds. The molecule has 4 aromatic carbocycles. The smallest absolute Gasteiger partial charge is 0.0589 e. The molecule has 6 aromatic rings. The molecule has 0 spiro atoms. The van der Waals surface area contributed by atoms with Crippen LogP contribution in [0.4, 0.5) is 0 Å². The Bertz CT molecular complexity index is 1340. The molecule has 0 aliphatic heterocycles. The molecular weight excluding hydrogens is 486 g/mol. The number of aromatic nitrogens is 2. The molecule has 0 radical (unpaired) electrons. The first-order valence-electron chi connectivity index (χ1n) is 12.5. The molecule has 37 heavy (non-hydrogen) atoms. The fourth-order valence-electron chi connectivity index (χ4n) is 4.74. The van der Waals surface area contributed by atoms with Crippen molar-refractivity contribution < 1.29 is 0 Å². The Hall–Kier alpha value is -3.70. The average Bonchev–Trinajstić information content (AvgIpc) is 3.62. The number of hydrogen-bond acceptors (Lipinski definition) is 0. The number of hydrogen-bond donors (Lipinski definition) is 0. The largest absolute Gasteiger partial charge is 0.322 e. The third-order valence-corrected chi connectivity index (χ3v) is 11.2. The van der Waals surface area contributed by atoms with E-state index >= 15 is 0 Å². The summed E-state index contributed by atoms with van der Waals surface area (Å²) in [5.74, 6) is 0. The zero-order valence-corrected chi connectivity index (χ0v) is 22.3. The zero-order chi connectivity index (χ0) is 24.9. The van der Waals surface area contributed by atoms with E-state index in [1.165, 1.54) is 32.6 Å². The van der Waals surface area contributed by atoms with Gasteiger partial charge in [0, 0.05) is 51.4 Å². The molecule has 0 aliphatic carbocycles. The summed E-state index contributed by atoms with van der Waals surface area (Å²) >= 11 is 0. The summed E-state index contributed by atoms with van der Waals surface area (Å²) in [7, 11) is -1.42. The van der Waals surface area contributed by atoms with E-state index in [0.29, 0.717) is 0 Å². The highest BCUT2D eigenvalue weighted by molar-refractivity contribution is 7.72. The van der Waals surface area contributed by atoms with Gasteiger partial charge in [-0.2, -0.15) is 0 Å². The van der Waals surface area contributed by atoms with Crippen molar-refractivity contribution in [1.29, 1.82) is 0 Å². The Balaban J connectivity index is 1.41. The SMILES string of the molecule is c1ccc(P(c2ccccc2)n2cccc2Cc2cccn2P(c2ccccc2)c2ccccc2)cc1. The first-order chi connectivity index (χ1) is 18.4. The van der Waals surface area contributed by atoms with Gasteiger partial charge in [-0.25, -0.2) is 0 Å². The second-order valence-electron chi connectivity index (χ2n) is 8.83. The molecule has 0 unspecified atom stereocenters. The van der Waals surface area contributed by atoms with Crippen molar-refractivity contribution in [2.24, 2.45) is 0 Å². The van der Waals surface area contributed by atoms with Crippen molar-refractivity contribution in [3.05, 3.63) is 169 Å². The third-order valence-electron chi connectivity index (χ3n) is 6.42. The van der Waals surface area contributed by atoms with Gasteiger partial charge in [0.05, 0.1) is 16.1 Å². The minimum Gasteiger partial charge on any atom is -0.322 e. The van der Waals surface area contributed by atoms with Crippen molar-refractivity contribution >= 4 is 37.4 Å². The molecule has 4 heteroatoms. The van der Waals surface area contributed by atoms with E-state index < -0.39 is 16.1 Å². The quantitative estimate of drug-likeness (QED) is 0.201. The Morgan fingerprint density at radius 1 is 0.351 bits per heavy atom. The highest BCUT2D eigenvalue weighted by Crippen LogP contribution is 2.40. The lowest BCUT2D eigenvalue weighted by atomic mass is 10.2. The minimum atomic E-state index is -0.711. The highest BCUT2D eigenvalue weighted by atomic mass is 31.1. The van der Waals surface area contributed by atoms with Gasteiger partial charge < -0.3 is 8.68 Å². The summed E-state index contributed by atoms with van der Waals surface area (Å²) < 4.78 is 5.01. The molecule has 0 aliphatic rings.